The average Bonchev–Trinajstić information content (AvgIpc) is 2.41. The molecule has 1 heterocycles. The van der Waals surface area contributed by atoms with Crippen LogP contribution < -0.4 is 5.73 Å². The Bertz CT molecular complexity index is 390. The summed E-state index contributed by atoms with van der Waals surface area (Å²) < 4.78 is 0. The number of urea groups is 1. The topological polar surface area (TPSA) is 80.5 Å². The molecular weight excluding hydrogens is 232 g/mol. The quantitative estimate of drug-likeness (QED) is 0.775. The molecule has 1 aliphatic heterocycles. The van der Waals surface area contributed by atoms with Gasteiger partial charge in [-0.3, -0.25) is 9.59 Å². The second-order valence-electron chi connectivity index (χ2n) is 5.44. The molecule has 0 unspecified atom stereocenters. The Morgan fingerprint density at radius 1 is 1.00 bits per heavy atom. The number of carbonyl (C=O) groups is 3. The second-order valence-corrected chi connectivity index (χ2v) is 5.44. The van der Waals surface area contributed by atoms with Crippen LogP contribution in [-0.2, 0) is 9.59 Å². The van der Waals surface area contributed by atoms with E-state index < -0.39 is 17.8 Å². The average molecular weight is 252 g/mol. The molecule has 0 saturated carbocycles. The standard InChI is InChI=1S/C13H20N2O3/c1-7(2)5-9-10(6-8(3)4)12(17)15(11(9)16)13(14)18/h7-8H,5-6H2,1-4H3,(H2,14,18). The van der Waals surface area contributed by atoms with Crippen molar-refractivity contribution in [3.63, 3.8) is 0 Å². The SMILES string of the molecule is CC(C)CC1=C(CC(C)C)C(=O)N(C(N)=O)C1=O. The van der Waals surface area contributed by atoms with Gasteiger partial charge in [0.05, 0.1) is 0 Å². The highest BCUT2D eigenvalue weighted by molar-refractivity contribution is 6.26. The number of carbonyl (C=O) groups excluding carboxylic acids is 3. The van der Waals surface area contributed by atoms with Crippen LogP contribution in [0.15, 0.2) is 11.1 Å². The molecule has 18 heavy (non-hydrogen) atoms. The fourth-order valence-electron chi connectivity index (χ4n) is 2.06. The normalized spacial score (nSPS) is 16.4. The minimum Gasteiger partial charge on any atom is -0.351 e. The van der Waals surface area contributed by atoms with Crippen LogP contribution in [0, 0.1) is 11.8 Å². The van der Waals surface area contributed by atoms with Gasteiger partial charge in [0, 0.05) is 11.1 Å². The number of nitrogens with zero attached hydrogens (tertiary/aromatic N) is 1. The van der Waals surface area contributed by atoms with Gasteiger partial charge in [-0.15, -0.1) is 0 Å². The van der Waals surface area contributed by atoms with E-state index in [1.807, 2.05) is 27.7 Å². The largest absolute Gasteiger partial charge is 0.351 e. The second kappa shape index (κ2) is 5.33. The molecule has 0 aromatic rings. The molecule has 4 amide bonds. The maximum absolute atomic E-state index is 12.0. The van der Waals surface area contributed by atoms with Crippen LogP contribution in [0.4, 0.5) is 4.79 Å². The Balaban J connectivity index is 3.15. The molecule has 2 N–H and O–H groups in total. The van der Waals surface area contributed by atoms with Crippen molar-refractivity contribution in [1.29, 1.82) is 0 Å². The highest BCUT2D eigenvalue weighted by Gasteiger charge is 2.40. The number of hydrogen-bond donors (Lipinski definition) is 1. The van der Waals surface area contributed by atoms with E-state index in [2.05, 4.69) is 0 Å². The Morgan fingerprint density at radius 2 is 1.33 bits per heavy atom. The van der Waals surface area contributed by atoms with E-state index in [1.54, 1.807) is 0 Å². The lowest BCUT2D eigenvalue weighted by atomic mass is 9.94. The molecule has 0 aromatic heterocycles. The molecule has 0 bridgehead atoms. The van der Waals surface area contributed by atoms with Crippen LogP contribution in [-0.4, -0.2) is 22.7 Å². The summed E-state index contributed by atoms with van der Waals surface area (Å²) in [6.07, 6.45) is 0.993. The maximum atomic E-state index is 12.0. The monoisotopic (exact) mass is 252 g/mol. The van der Waals surface area contributed by atoms with Crippen molar-refractivity contribution in [3.05, 3.63) is 11.1 Å². The third kappa shape index (κ3) is 2.78. The van der Waals surface area contributed by atoms with Gasteiger partial charge in [0.2, 0.25) is 0 Å². The summed E-state index contributed by atoms with van der Waals surface area (Å²) in [6, 6.07) is -0.995. The van der Waals surface area contributed by atoms with Gasteiger partial charge in [0.15, 0.2) is 0 Å². The maximum Gasteiger partial charge on any atom is 0.328 e. The van der Waals surface area contributed by atoms with Crippen molar-refractivity contribution >= 4 is 17.8 Å². The third-order valence-corrected chi connectivity index (χ3v) is 2.73. The number of amides is 4. The molecule has 1 aliphatic rings. The zero-order valence-electron chi connectivity index (χ0n) is 11.3. The summed E-state index contributed by atoms with van der Waals surface area (Å²) in [5.41, 5.74) is 5.98. The molecular formula is C13H20N2O3. The minimum absolute atomic E-state index is 0.242. The number of hydrogen-bond acceptors (Lipinski definition) is 3. The first-order chi connectivity index (χ1) is 8.25. The Morgan fingerprint density at radius 3 is 1.56 bits per heavy atom. The Labute approximate surface area is 107 Å². The number of nitrogens with two attached hydrogens (primary N) is 1. The first-order valence-electron chi connectivity index (χ1n) is 6.15. The summed E-state index contributed by atoms with van der Waals surface area (Å²) in [7, 11) is 0. The van der Waals surface area contributed by atoms with Crippen molar-refractivity contribution in [1.82, 2.24) is 4.90 Å². The molecule has 0 fully saturated rings. The van der Waals surface area contributed by atoms with Crippen LogP contribution in [0.5, 0.6) is 0 Å². The first kappa shape index (κ1) is 14.4. The van der Waals surface area contributed by atoms with Crippen molar-refractivity contribution in [3.8, 4) is 0 Å². The van der Waals surface area contributed by atoms with Crippen molar-refractivity contribution < 1.29 is 14.4 Å². The van der Waals surface area contributed by atoms with E-state index in [0.29, 0.717) is 28.9 Å². The van der Waals surface area contributed by atoms with Crippen molar-refractivity contribution in [2.75, 3.05) is 0 Å². The molecule has 100 valence electrons. The fourth-order valence-corrected chi connectivity index (χ4v) is 2.06. The zero-order chi connectivity index (χ0) is 14.0. The minimum atomic E-state index is -0.995. The van der Waals surface area contributed by atoms with E-state index in [-0.39, 0.29) is 11.8 Å². The molecule has 0 spiro atoms. The molecule has 1 rings (SSSR count). The number of primary amides is 1. The van der Waals surface area contributed by atoms with Crippen molar-refractivity contribution in [2.45, 2.75) is 40.5 Å². The predicted molar refractivity (Wildman–Crippen MR) is 67.4 cm³/mol. The van der Waals surface area contributed by atoms with E-state index in [9.17, 15) is 14.4 Å². The summed E-state index contributed by atoms with van der Waals surface area (Å²) in [4.78, 5) is 35.8. The lowest BCUT2D eigenvalue weighted by molar-refractivity contribution is -0.133. The van der Waals surface area contributed by atoms with E-state index in [1.165, 1.54) is 0 Å². The summed E-state index contributed by atoms with van der Waals surface area (Å²) >= 11 is 0. The lowest BCUT2D eigenvalue weighted by Gasteiger charge is -2.09. The molecule has 0 radical (unpaired) electrons. The fraction of sp³-hybridized carbons (Fsp3) is 0.615. The van der Waals surface area contributed by atoms with Gasteiger partial charge in [-0.25, -0.2) is 4.79 Å². The number of rotatable bonds is 4. The van der Waals surface area contributed by atoms with Crippen molar-refractivity contribution in [2.24, 2.45) is 17.6 Å². The highest BCUT2D eigenvalue weighted by atomic mass is 16.2. The third-order valence-electron chi connectivity index (χ3n) is 2.73. The summed E-state index contributed by atoms with van der Waals surface area (Å²) in [5, 5.41) is 0. The Kier molecular flexibility index (Phi) is 4.27. The van der Waals surface area contributed by atoms with Crippen LogP contribution in [0.25, 0.3) is 0 Å². The highest BCUT2D eigenvalue weighted by Crippen LogP contribution is 2.30. The summed E-state index contributed by atoms with van der Waals surface area (Å²) in [6.45, 7) is 7.85. The molecule has 0 aromatic carbocycles. The van der Waals surface area contributed by atoms with E-state index in [0.717, 1.165) is 0 Å². The van der Waals surface area contributed by atoms with Gasteiger partial charge < -0.3 is 5.73 Å². The van der Waals surface area contributed by atoms with E-state index >= 15 is 0 Å². The van der Waals surface area contributed by atoms with Gasteiger partial charge in [-0.2, -0.15) is 4.90 Å². The molecule has 0 aliphatic carbocycles. The molecule has 5 heteroatoms. The number of imide groups is 3. The van der Waals surface area contributed by atoms with Gasteiger partial charge in [0.25, 0.3) is 11.8 Å². The first-order valence-corrected chi connectivity index (χ1v) is 6.15. The zero-order valence-corrected chi connectivity index (χ0v) is 11.3. The van der Waals surface area contributed by atoms with Crippen LogP contribution >= 0.6 is 0 Å². The van der Waals surface area contributed by atoms with Gasteiger partial charge in [-0.05, 0) is 24.7 Å². The smallest absolute Gasteiger partial charge is 0.328 e. The molecule has 0 saturated heterocycles. The molecule has 5 nitrogen and oxygen atoms in total. The van der Waals surface area contributed by atoms with Gasteiger partial charge >= 0.3 is 6.03 Å². The molecule has 0 atom stereocenters. The van der Waals surface area contributed by atoms with Crippen LogP contribution in [0.2, 0.25) is 0 Å². The lowest BCUT2D eigenvalue weighted by Crippen LogP contribution is -2.41. The van der Waals surface area contributed by atoms with Crippen LogP contribution in [0.3, 0.4) is 0 Å². The Hall–Kier alpha value is -1.65. The van der Waals surface area contributed by atoms with E-state index in [4.69, 9.17) is 5.73 Å². The summed E-state index contributed by atoms with van der Waals surface area (Å²) in [5.74, 6) is -0.604. The van der Waals surface area contributed by atoms with Gasteiger partial charge in [-0.1, -0.05) is 27.7 Å². The van der Waals surface area contributed by atoms with Gasteiger partial charge in [0.1, 0.15) is 0 Å². The van der Waals surface area contributed by atoms with Crippen LogP contribution in [0.1, 0.15) is 40.5 Å². The predicted octanol–water partition coefficient (Wildman–Crippen LogP) is 1.82.